The van der Waals surface area contributed by atoms with Gasteiger partial charge in [0.2, 0.25) is 5.95 Å². The molecular weight excluding hydrogens is 328 g/mol. The number of aliphatic hydroxyl groups excluding tert-OH is 1. The Labute approximate surface area is 141 Å². The first kappa shape index (κ1) is 15.4. The van der Waals surface area contributed by atoms with Crippen molar-refractivity contribution in [1.82, 2.24) is 20.2 Å². The van der Waals surface area contributed by atoms with Crippen LogP contribution in [-0.2, 0) is 0 Å². The Morgan fingerprint density at radius 2 is 2.36 bits per heavy atom. The van der Waals surface area contributed by atoms with Crippen molar-refractivity contribution in [2.75, 3.05) is 23.4 Å². The summed E-state index contributed by atoms with van der Waals surface area (Å²) in [6.07, 6.45) is 3.35. The fourth-order valence-corrected chi connectivity index (χ4v) is 2.97. The average Bonchev–Trinajstić information content (AvgIpc) is 3.34. The van der Waals surface area contributed by atoms with Crippen LogP contribution >= 0.6 is 0 Å². The van der Waals surface area contributed by atoms with Crippen LogP contribution in [-0.4, -0.2) is 55.5 Å². The molecule has 0 amide bonds. The van der Waals surface area contributed by atoms with Gasteiger partial charge in [-0.15, -0.1) is 0 Å². The summed E-state index contributed by atoms with van der Waals surface area (Å²) in [5, 5.41) is 27.8. The van der Waals surface area contributed by atoms with Gasteiger partial charge in [-0.1, -0.05) is 0 Å². The highest BCUT2D eigenvalue weighted by Crippen LogP contribution is 2.29. The molecule has 130 valence electrons. The van der Waals surface area contributed by atoms with E-state index < -0.39 is 5.97 Å². The van der Waals surface area contributed by atoms with Crippen molar-refractivity contribution in [3.63, 3.8) is 0 Å². The Morgan fingerprint density at radius 3 is 3.12 bits per heavy atom. The Balaban J connectivity index is 1.71. The maximum Gasteiger partial charge on any atom is 0.353 e. The van der Waals surface area contributed by atoms with Gasteiger partial charge in [-0.25, -0.2) is 9.78 Å². The molecule has 0 bridgehead atoms. The quantitative estimate of drug-likeness (QED) is 0.539. The molecule has 0 saturated carbocycles. The topological polar surface area (TPSA) is 140 Å². The van der Waals surface area contributed by atoms with Gasteiger partial charge < -0.3 is 24.8 Å². The van der Waals surface area contributed by atoms with E-state index in [1.54, 1.807) is 6.07 Å². The Morgan fingerprint density at radius 1 is 1.48 bits per heavy atom. The number of anilines is 3. The van der Waals surface area contributed by atoms with Gasteiger partial charge in [-0.05, 0) is 12.8 Å². The SMILES string of the molecule is O=C(O)c1cc(Nc2nc(N3CCC[C@H]3CO)nc3ccoc23)n[nH]1. The van der Waals surface area contributed by atoms with Gasteiger partial charge in [0.05, 0.1) is 18.9 Å². The minimum Gasteiger partial charge on any atom is -0.477 e. The molecule has 1 atom stereocenters. The van der Waals surface area contributed by atoms with Crippen LogP contribution in [0.3, 0.4) is 0 Å². The third kappa shape index (κ3) is 2.76. The fourth-order valence-electron chi connectivity index (χ4n) is 2.97. The Hall–Kier alpha value is -3.14. The first-order chi connectivity index (χ1) is 12.2. The number of hydrogen-bond acceptors (Lipinski definition) is 8. The van der Waals surface area contributed by atoms with Crippen LogP contribution in [0.25, 0.3) is 11.1 Å². The molecule has 0 spiro atoms. The Bertz CT molecular complexity index is 920. The van der Waals surface area contributed by atoms with Gasteiger partial charge in [0.25, 0.3) is 0 Å². The first-order valence-corrected chi connectivity index (χ1v) is 7.84. The van der Waals surface area contributed by atoms with Gasteiger partial charge in [0.15, 0.2) is 17.2 Å². The molecule has 4 heterocycles. The molecule has 1 aliphatic rings. The highest BCUT2D eigenvalue weighted by atomic mass is 16.4. The molecule has 3 aromatic heterocycles. The van der Waals surface area contributed by atoms with Crippen molar-refractivity contribution < 1.29 is 19.4 Å². The molecule has 3 aromatic rings. The zero-order chi connectivity index (χ0) is 17.4. The molecule has 4 N–H and O–H groups in total. The number of carboxylic acids is 1. The van der Waals surface area contributed by atoms with E-state index in [1.165, 1.54) is 12.3 Å². The van der Waals surface area contributed by atoms with Crippen molar-refractivity contribution >= 4 is 34.7 Å². The second kappa shape index (κ2) is 6.06. The van der Waals surface area contributed by atoms with E-state index in [2.05, 4.69) is 25.5 Å². The smallest absolute Gasteiger partial charge is 0.353 e. The van der Waals surface area contributed by atoms with Crippen LogP contribution in [0.4, 0.5) is 17.6 Å². The molecule has 10 nitrogen and oxygen atoms in total. The number of aromatic nitrogens is 4. The van der Waals surface area contributed by atoms with E-state index in [-0.39, 0.29) is 18.3 Å². The van der Waals surface area contributed by atoms with E-state index in [9.17, 15) is 9.90 Å². The van der Waals surface area contributed by atoms with E-state index >= 15 is 0 Å². The van der Waals surface area contributed by atoms with Crippen molar-refractivity contribution in [3.05, 3.63) is 24.1 Å². The fraction of sp³-hybridized carbons (Fsp3) is 0.333. The molecule has 10 heteroatoms. The monoisotopic (exact) mass is 344 g/mol. The van der Waals surface area contributed by atoms with Gasteiger partial charge in [-0.2, -0.15) is 10.1 Å². The predicted octanol–water partition coefficient (Wildman–Crippen LogP) is 1.35. The van der Waals surface area contributed by atoms with Gasteiger partial charge in [0, 0.05) is 18.7 Å². The summed E-state index contributed by atoms with van der Waals surface area (Å²) < 4.78 is 5.44. The number of fused-ring (bicyclic) bond motifs is 1. The van der Waals surface area contributed by atoms with Crippen LogP contribution < -0.4 is 10.2 Å². The van der Waals surface area contributed by atoms with Crippen LogP contribution in [0.1, 0.15) is 23.3 Å². The lowest BCUT2D eigenvalue weighted by Crippen LogP contribution is -2.33. The lowest BCUT2D eigenvalue weighted by atomic mass is 10.2. The van der Waals surface area contributed by atoms with Crippen LogP contribution in [0.15, 0.2) is 22.8 Å². The third-order valence-corrected chi connectivity index (χ3v) is 4.19. The lowest BCUT2D eigenvalue weighted by Gasteiger charge is -2.23. The predicted molar refractivity (Wildman–Crippen MR) is 88.1 cm³/mol. The molecule has 0 aliphatic carbocycles. The average molecular weight is 344 g/mol. The van der Waals surface area contributed by atoms with Crippen LogP contribution in [0, 0.1) is 0 Å². The van der Waals surface area contributed by atoms with Crippen molar-refractivity contribution in [2.24, 2.45) is 0 Å². The molecule has 1 saturated heterocycles. The highest BCUT2D eigenvalue weighted by molar-refractivity contribution is 5.89. The van der Waals surface area contributed by atoms with Gasteiger partial charge in [0.1, 0.15) is 11.2 Å². The molecule has 0 radical (unpaired) electrons. The second-order valence-electron chi connectivity index (χ2n) is 5.78. The standard InChI is InChI=1S/C15H16N6O4/c22-7-8-2-1-4-21(8)15-16-9-3-5-25-12(9)13(18-15)17-11-6-10(14(23)24)19-20-11/h3,5-6,8,22H,1-2,4,7H2,(H,23,24)(H2,16,17,18,19,20)/t8-/m0/s1. The van der Waals surface area contributed by atoms with E-state index in [1.807, 2.05) is 4.90 Å². The zero-order valence-corrected chi connectivity index (χ0v) is 13.1. The zero-order valence-electron chi connectivity index (χ0n) is 13.1. The summed E-state index contributed by atoms with van der Waals surface area (Å²) in [6, 6.07) is 3.08. The first-order valence-electron chi connectivity index (χ1n) is 7.84. The molecule has 4 rings (SSSR count). The van der Waals surface area contributed by atoms with E-state index in [0.717, 1.165) is 19.4 Å². The minimum atomic E-state index is -1.10. The summed E-state index contributed by atoms with van der Waals surface area (Å²) in [5.74, 6) is 0.0776. The van der Waals surface area contributed by atoms with E-state index in [4.69, 9.17) is 9.52 Å². The minimum absolute atomic E-state index is 0.0128. The van der Waals surface area contributed by atoms with E-state index in [0.29, 0.717) is 28.7 Å². The normalized spacial score (nSPS) is 17.3. The molecular formula is C15H16N6O4. The number of aromatic amines is 1. The summed E-state index contributed by atoms with van der Waals surface area (Å²) in [4.78, 5) is 21.9. The summed E-state index contributed by atoms with van der Waals surface area (Å²) >= 11 is 0. The summed E-state index contributed by atoms with van der Waals surface area (Å²) in [6.45, 7) is 0.802. The van der Waals surface area contributed by atoms with Crippen LogP contribution in [0.5, 0.6) is 0 Å². The van der Waals surface area contributed by atoms with Crippen molar-refractivity contribution in [2.45, 2.75) is 18.9 Å². The van der Waals surface area contributed by atoms with Gasteiger partial charge in [-0.3, -0.25) is 5.10 Å². The number of rotatable bonds is 5. The molecule has 25 heavy (non-hydrogen) atoms. The highest BCUT2D eigenvalue weighted by Gasteiger charge is 2.27. The largest absolute Gasteiger partial charge is 0.477 e. The Kier molecular flexibility index (Phi) is 3.73. The maximum atomic E-state index is 11.0. The lowest BCUT2D eigenvalue weighted by molar-refractivity contribution is 0.0690. The number of carbonyl (C=O) groups is 1. The number of carboxylic acid groups (broad SMARTS) is 1. The number of aromatic carboxylic acids is 1. The number of hydrogen-bond donors (Lipinski definition) is 4. The summed E-state index contributed by atoms with van der Waals surface area (Å²) in [7, 11) is 0. The number of aliphatic hydroxyl groups is 1. The number of furan rings is 1. The molecule has 0 aromatic carbocycles. The summed E-state index contributed by atoms with van der Waals surface area (Å²) in [5.41, 5.74) is 1.03. The maximum absolute atomic E-state index is 11.0. The van der Waals surface area contributed by atoms with Crippen LogP contribution in [0.2, 0.25) is 0 Å². The third-order valence-electron chi connectivity index (χ3n) is 4.19. The van der Waals surface area contributed by atoms with Crippen molar-refractivity contribution in [1.29, 1.82) is 0 Å². The molecule has 1 fully saturated rings. The second-order valence-corrected chi connectivity index (χ2v) is 5.78. The molecule has 0 unspecified atom stereocenters. The van der Waals surface area contributed by atoms with Gasteiger partial charge >= 0.3 is 5.97 Å². The molecule has 1 aliphatic heterocycles. The number of H-pyrrole nitrogens is 1. The van der Waals surface area contributed by atoms with Crippen molar-refractivity contribution in [3.8, 4) is 0 Å². The number of nitrogens with zero attached hydrogens (tertiary/aromatic N) is 4. The number of nitrogens with one attached hydrogen (secondary N) is 2.